The lowest BCUT2D eigenvalue weighted by molar-refractivity contribution is 0.132. The first kappa shape index (κ1) is 13.2. The lowest BCUT2D eigenvalue weighted by atomic mass is 9.89. The average molecular weight is 272 g/mol. The molecule has 0 spiro atoms. The molecule has 1 heterocycles. The molecule has 0 radical (unpaired) electrons. The number of aromatic nitrogens is 1. The van der Waals surface area contributed by atoms with E-state index in [-0.39, 0.29) is 6.10 Å². The Balaban J connectivity index is 1.71. The number of fused-ring (bicyclic) bond motifs is 1. The molecule has 20 heavy (non-hydrogen) atoms. The lowest BCUT2D eigenvalue weighted by Gasteiger charge is -2.24. The van der Waals surface area contributed by atoms with Gasteiger partial charge in [-0.2, -0.15) is 4.98 Å². The molecule has 4 nitrogen and oxygen atoms in total. The van der Waals surface area contributed by atoms with Crippen LogP contribution in [0, 0.1) is 0 Å². The molecule has 0 amide bonds. The first-order chi connectivity index (χ1) is 9.86. The molecule has 1 unspecified atom stereocenters. The molecule has 0 bridgehead atoms. The second kappa shape index (κ2) is 6.09. The Morgan fingerprint density at radius 1 is 1.40 bits per heavy atom. The third-order valence-electron chi connectivity index (χ3n) is 3.64. The highest BCUT2D eigenvalue weighted by Gasteiger charge is 2.22. The van der Waals surface area contributed by atoms with Crippen molar-refractivity contribution in [2.75, 3.05) is 6.54 Å². The van der Waals surface area contributed by atoms with E-state index < -0.39 is 0 Å². The molecular formula is C16H20N2O2. The molecule has 1 aliphatic rings. The van der Waals surface area contributed by atoms with Gasteiger partial charge in [-0.05, 0) is 36.9 Å². The summed E-state index contributed by atoms with van der Waals surface area (Å²) in [6.45, 7) is 3.69. The molecule has 4 heteroatoms. The number of rotatable bonds is 5. The van der Waals surface area contributed by atoms with Crippen molar-refractivity contribution >= 4 is 0 Å². The van der Waals surface area contributed by atoms with Crippen LogP contribution < -0.4 is 10.1 Å². The average Bonchev–Trinajstić information content (AvgIpc) is 2.93. The van der Waals surface area contributed by atoms with Crippen LogP contribution in [0.15, 0.2) is 34.9 Å². The number of benzene rings is 1. The van der Waals surface area contributed by atoms with E-state index in [0.29, 0.717) is 12.6 Å². The van der Waals surface area contributed by atoms with E-state index in [0.717, 1.165) is 31.5 Å². The van der Waals surface area contributed by atoms with Crippen molar-refractivity contribution in [2.24, 2.45) is 0 Å². The predicted octanol–water partition coefficient (Wildman–Crippen LogP) is 3.24. The van der Waals surface area contributed by atoms with Gasteiger partial charge in [-0.25, -0.2) is 0 Å². The number of hydrogen-bond acceptors (Lipinski definition) is 4. The molecule has 0 saturated carbocycles. The van der Waals surface area contributed by atoms with Crippen molar-refractivity contribution < 1.29 is 9.15 Å². The van der Waals surface area contributed by atoms with E-state index in [1.54, 1.807) is 6.26 Å². The van der Waals surface area contributed by atoms with E-state index in [1.807, 2.05) is 0 Å². The molecule has 0 saturated heterocycles. The monoisotopic (exact) mass is 272 g/mol. The Morgan fingerprint density at radius 3 is 3.20 bits per heavy atom. The SMILES string of the molecule is CCNCc1coc(OC2CCCc3ccccc32)n1. The van der Waals surface area contributed by atoms with Gasteiger partial charge >= 0.3 is 6.08 Å². The van der Waals surface area contributed by atoms with Gasteiger partial charge in [-0.15, -0.1) is 0 Å². The quantitative estimate of drug-likeness (QED) is 0.907. The van der Waals surface area contributed by atoms with Gasteiger partial charge in [0.15, 0.2) is 0 Å². The third kappa shape index (κ3) is 2.85. The van der Waals surface area contributed by atoms with Crippen LogP contribution in [0.5, 0.6) is 6.08 Å². The van der Waals surface area contributed by atoms with Crippen LogP contribution in [0.2, 0.25) is 0 Å². The minimum absolute atomic E-state index is 0.0607. The van der Waals surface area contributed by atoms with Crippen LogP contribution in [0.3, 0.4) is 0 Å². The molecule has 106 valence electrons. The van der Waals surface area contributed by atoms with E-state index in [9.17, 15) is 0 Å². The maximum Gasteiger partial charge on any atom is 0.394 e. The Labute approximate surface area is 119 Å². The fraction of sp³-hybridized carbons (Fsp3) is 0.438. The van der Waals surface area contributed by atoms with Crippen molar-refractivity contribution in [1.82, 2.24) is 10.3 Å². The van der Waals surface area contributed by atoms with Crippen LogP contribution >= 0.6 is 0 Å². The number of oxazole rings is 1. The molecular weight excluding hydrogens is 252 g/mol. The summed E-state index contributed by atoms with van der Waals surface area (Å²) in [5, 5.41) is 3.22. The third-order valence-corrected chi connectivity index (χ3v) is 3.64. The van der Waals surface area contributed by atoms with E-state index in [1.165, 1.54) is 11.1 Å². The Morgan fingerprint density at radius 2 is 2.30 bits per heavy atom. The first-order valence-corrected chi connectivity index (χ1v) is 7.26. The Hall–Kier alpha value is -1.81. The maximum absolute atomic E-state index is 5.94. The van der Waals surface area contributed by atoms with Gasteiger partial charge in [-0.1, -0.05) is 31.2 Å². The Kier molecular flexibility index (Phi) is 4.02. The van der Waals surface area contributed by atoms with Crippen LogP contribution in [0.25, 0.3) is 0 Å². The zero-order valence-electron chi connectivity index (χ0n) is 11.8. The minimum atomic E-state index is 0.0607. The van der Waals surface area contributed by atoms with Gasteiger partial charge in [0.05, 0.1) is 5.69 Å². The van der Waals surface area contributed by atoms with Gasteiger partial charge in [-0.3, -0.25) is 0 Å². The lowest BCUT2D eigenvalue weighted by Crippen LogP contribution is -2.15. The second-order valence-corrected chi connectivity index (χ2v) is 5.08. The van der Waals surface area contributed by atoms with Gasteiger partial charge in [0.2, 0.25) is 0 Å². The van der Waals surface area contributed by atoms with E-state index >= 15 is 0 Å². The summed E-state index contributed by atoms with van der Waals surface area (Å²) in [5.74, 6) is 0. The van der Waals surface area contributed by atoms with Gasteiger partial charge in [0, 0.05) is 6.54 Å². The normalized spacial score (nSPS) is 17.8. The number of nitrogens with one attached hydrogen (secondary N) is 1. The molecule has 1 aliphatic carbocycles. The highest BCUT2D eigenvalue weighted by molar-refractivity contribution is 5.31. The summed E-state index contributed by atoms with van der Waals surface area (Å²) in [4.78, 5) is 4.36. The second-order valence-electron chi connectivity index (χ2n) is 5.08. The van der Waals surface area contributed by atoms with Crippen molar-refractivity contribution in [3.05, 3.63) is 47.3 Å². The molecule has 1 aromatic carbocycles. The number of aryl methyl sites for hydroxylation is 1. The van der Waals surface area contributed by atoms with Crippen LogP contribution in [0.4, 0.5) is 0 Å². The van der Waals surface area contributed by atoms with Crippen molar-refractivity contribution in [2.45, 2.75) is 38.8 Å². The van der Waals surface area contributed by atoms with E-state index in [4.69, 9.17) is 9.15 Å². The largest absolute Gasteiger partial charge is 0.442 e. The summed E-state index contributed by atoms with van der Waals surface area (Å²) in [6.07, 6.45) is 5.39. The number of nitrogens with zero attached hydrogens (tertiary/aromatic N) is 1. The predicted molar refractivity (Wildman–Crippen MR) is 76.6 cm³/mol. The molecule has 1 N–H and O–H groups in total. The zero-order chi connectivity index (χ0) is 13.8. The minimum Gasteiger partial charge on any atom is -0.442 e. The first-order valence-electron chi connectivity index (χ1n) is 7.26. The van der Waals surface area contributed by atoms with Crippen molar-refractivity contribution in [3.8, 4) is 6.08 Å². The zero-order valence-corrected chi connectivity index (χ0v) is 11.8. The van der Waals surface area contributed by atoms with E-state index in [2.05, 4.69) is 41.5 Å². The molecule has 2 aromatic rings. The molecule has 1 atom stereocenters. The van der Waals surface area contributed by atoms with Gasteiger partial charge < -0.3 is 14.5 Å². The highest BCUT2D eigenvalue weighted by atomic mass is 16.6. The molecule has 0 aliphatic heterocycles. The fourth-order valence-electron chi connectivity index (χ4n) is 2.63. The summed E-state index contributed by atoms with van der Waals surface area (Å²) in [6, 6.07) is 8.46. The number of hydrogen-bond donors (Lipinski definition) is 1. The van der Waals surface area contributed by atoms with Crippen LogP contribution in [-0.4, -0.2) is 11.5 Å². The number of ether oxygens (including phenoxy) is 1. The highest BCUT2D eigenvalue weighted by Crippen LogP contribution is 2.33. The van der Waals surface area contributed by atoms with Crippen LogP contribution in [-0.2, 0) is 13.0 Å². The van der Waals surface area contributed by atoms with Gasteiger partial charge in [0.1, 0.15) is 12.4 Å². The molecule has 0 fully saturated rings. The topological polar surface area (TPSA) is 47.3 Å². The summed E-state index contributed by atoms with van der Waals surface area (Å²) in [5.41, 5.74) is 3.53. The molecule has 3 rings (SSSR count). The standard InChI is InChI=1S/C16H20N2O2/c1-2-17-10-13-11-19-16(18-13)20-15-9-5-7-12-6-3-4-8-14(12)15/h3-4,6,8,11,15,17H,2,5,7,9-10H2,1H3. The smallest absolute Gasteiger partial charge is 0.394 e. The van der Waals surface area contributed by atoms with Crippen molar-refractivity contribution in [3.63, 3.8) is 0 Å². The summed E-state index contributed by atoms with van der Waals surface area (Å²) < 4.78 is 11.3. The Bertz CT molecular complexity index is 565. The van der Waals surface area contributed by atoms with Crippen LogP contribution in [0.1, 0.15) is 42.7 Å². The maximum atomic E-state index is 5.94. The van der Waals surface area contributed by atoms with Crippen molar-refractivity contribution in [1.29, 1.82) is 0 Å². The van der Waals surface area contributed by atoms with Gasteiger partial charge in [0.25, 0.3) is 0 Å². The molecule has 1 aromatic heterocycles. The fourth-order valence-corrected chi connectivity index (χ4v) is 2.63. The summed E-state index contributed by atoms with van der Waals surface area (Å²) >= 11 is 0. The summed E-state index contributed by atoms with van der Waals surface area (Å²) in [7, 11) is 0.